The fourth-order valence-corrected chi connectivity index (χ4v) is 4.52. The second kappa shape index (κ2) is 9.47. The molecule has 2 heterocycles. The third kappa shape index (κ3) is 5.05. The van der Waals surface area contributed by atoms with Crippen LogP contribution in [0.3, 0.4) is 0 Å². The van der Waals surface area contributed by atoms with Crippen molar-refractivity contribution in [1.29, 1.82) is 0 Å². The molecule has 0 saturated carbocycles. The minimum Gasteiger partial charge on any atom is -0.324 e. The Hall–Kier alpha value is -2.93. The van der Waals surface area contributed by atoms with E-state index in [4.69, 9.17) is 5.21 Å². The molecule has 1 saturated heterocycles. The van der Waals surface area contributed by atoms with E-state index in [0.717, 1.165) is 26.2 Å². The normalized spacial score (nSPS) is 20.0. The number of benzene rings is 2. The van der Waals surface area contributed by atoms with Crippen molar-refractivity contribution in [2.24, 2.45) is 0 Å². The zero-order valence-electron chi connectivity index (χ0n) is 18.1. The summed E-state index contributed by atoms with van der Waals surface area (Å²) in [5, 5.41) is 8.77. The maximum absolute atomic E-state index is 11.5. The highest BCUT2D eigenvalue weighted by Crippen LogP contribution is 2.22. The Labute approximate surface area is 183 Å². The van der Waals surface area contributed by atoms with Crippen molar-refractivity contribution < 1.29 is 10.0 Å². The molecule has 2 unspecified atom stereocenters. The Bertz CT molecular complexity index is 989. The number of hydrogen-bond acceptors (Lipinski definition) is 4. The van der Waals surface area contributed by atoms with E-state index in [-0.39, 0.29) is 0 Å². The van der Waals surface area contributed by atoms with Crippen LogP contribution < -0.4 is 5.48 Å². The molecule has 1 aliphatic rings. The van der Waals surface area contributed by atoms with Gasteiger partial charge in [0.25, 0.3) is 5.91 Å². The van der Waals surface area contributed by atoms with E-state index in [1.165, 1.54) is 16.8 Å². The molecule has 2 atom stereocenters. The first-order valence-electron chi connectivity index (χ1n) is 10.8. The van der Waals surface area contributed by atoms with Crippen LogP contribution in [0.4, 0.5) is 0 Å². The van der Waals surface area contributed by atoms with Gasteiger partial charge >= 0.3 is 0 Å². The Kier molecular flexibility index (Phi) is 6.51. The molecule has 0 bridgehead atoms. The number of nitrogens with one attached hydrogen (secondary N) is 1. The topological polar surface area (TPSA) is 60.7 Å². The second-order valence-electron chi connectivity index (χ2n) is 8.46. The highest BCUT2D eigenvalue weighted by Gasteiger charge is 2.29. The maximum atomic E-state index is 11.5. The third-order valence-electron chi connectivity index (χ3n) is 6.08. The molecule has 4 rings (SSSR count). The maximum Gasteiger partial charge on any atom is 0.274 e. The number of rotatable bonds is 6. The van der Waals surface area contributed by atoms with Crippen LogP contribution in [0.1, 0.15) is 35.3 Å². The summed E-state index contributed by atoms with van der Waals surface area (Å²) >= 11 is 0. The SMILES string of the molecule is CC1CN(Cc2cccc(-n3cccc3)c2)CC(C)N1Cc1ccc(C(=O)NO)cc1. The Morgan fingerprint density at radius 2 is 1.61 bits per heavy atom. The van der Waals surface area contributed by atoms with Crippen molar-refractivity contribution in [1.82, 2.24) is 19.8 Å². The van der Waals surface area contributed by atoms with E-state index in [1.54, 1.807) is 17.6 Å². The van der Waals surface area contributed by atoms with Crippen LogP contribution in [0.5, 0.6) is 0 Å². The quantitative estimate of drug-likeness (QED) is 0.473. The molecule has 1 fully saturated rings. The van der Waals surface area contributed by atoms with Crippen LogP contribution in [-0.2, 0) is 13.1 Å². The molecule has 162 valence electrons. The molecule has 6 heteroatoms. The smallest absolute Gasteiger partial charge is 0.274 e. The van der Waals surface area contributed by atoms with Crippen LogP contribution in [0.25, 0.3) is 5.69 Å². The lowest BCUT2D eigenvalue weighted by Gasteiger charge is -2.44. The molecule has 0 spiro atoms. The van der Waals surface area contributed by atoms with Gasteiger partial charge in [-0.15, -0.1) is 0 Å². The average molecular weight is 419 g/mol. The second-order valence-corrected chi connectivity index (χ2v) is 8.46. The molecular weight excluding hydrogens is 388 g/mol. The number of carbonyl (C=O) groups is 1. The lowest BCUT2D eigenvalue weighted by atomic mass is 10.0. The van der Waals surface area contributed by atoms with Crippen LogP contribution in [0.15, 0.2) is 73.1 Å². The van der Waals surface area contributed by atoms with Crippen molar-refractivity contribution in [3.05, 3.63) is 89.7 Å². The van der Waals surface area contributed by atoms with Gasteiger partial charge in [0.1, 0.15) is 0 Å². The van der Waals surface area contributed by atoms with E-state index in [2.05, 4.69) is 64.9 Å². The van der Waals surface area contributed by atoms with E-state index in [0.29, 0.717) is 17.6 Å². The number of hydrogen-bond donors (Lipinski definition) is 2. The predicted octanol–water partition coefficient (Wildman–Crippen LogP) is 3.69. The molecule has 0 aliphatic carbocycles. The van der Waals surface area contributed by atoms with E-state index < -0.39 is 5.91 Å². The Morgan fingerprint density at radius 3 is 2.26 bits per heavy atom. The van der Waals surface area contributed by atoms with Gasteiger partial charge in [-0.3, -0.25) is 19.8 Å². The number of aromatic nitrogens is 1. The molecule has 1 aliphatic heterocycles. The van der Waals surface area contributed by atoms with Gasteiger partial charge in [0.05, 0.1) is 0 Å². The molecule has 6 nitrogen and oxygen atoms in total. The van der Waals surface area contributed by atoms with E-state index in [9.17, 15) is 4.79 Å². The molecule has 31 heavy (non-hydrogen) atoms. The van der Waals surface area contributed by atoms with Gasteiger partial charge < -0.3 is 4.57 Å². The van der Waals surface area contributed by atoms with Crippen LogP contribution >= 0.6 is 0 Å². The minimum atomic E-state index is -0.484. The number of hydroxylamine groups is 1. The summed E-state index contributed by atoms with van der Waals surface area (Å²) in [7, 11) is 0. The minimum absolute atomic E-state index is 0.428. The first kappa shape index (κ1) is 21.3. The number of piperazine rings is 1. The summed E-state index contributed by atoms with van der Waals surface area (Å²) in [5.41, 5.74) is 5.83. The first-order chi connectivity index (χ1) is 15.0. The van der Waals surface area contributed by atoms with Crippen molar-refractivity contribution >= 4 is 5.91 Å². The van der Waals surface area contributed by atoms with Crippen molar-refractivity contribution in [3.63, 3.8) is 0 Å². The monoisotopic (exact) mass is 418 g/mol. The fraction of sp³-hybridized carbons (Fsp3) is 0.320. The van der Waals surface area contributed by atoms with Gasteiger partial charge in [-0.05, 0) is 61.4 Å². The summed E-state index contributed by atoms with van der Waals surface area (Å²) in [6, 6.07) is 21.1. The van der Waals surface area contributed by atoms with Gasteiger partial charge in [0, 0.05) is 61.9 Å². The van der Waals surface area contributed by atoms with E-state index >= 15 is 0 Å². The molecule has 2 aromatic carbocycles. The average Bonchev–Trinajstić information content (AvgIpc) is 3.31. The van der Waals surface area contributed by atoms with Crippen LogP contribution in [0, 0.1) is 0 Å². The predicted molar refractivity (Wildman–Crippen MR) is 121 cm³/mol. The van der Waals surface area contributed by atoms with Crippen LogP contribution in [-0.4, -0.2) is 50.7 Å². The number of nitrogens with zero attached hydrogens (tertiary/aromatic N) is 3. The van der Waals surface area contributed by atoms with Gasteiger partial charge in [-0.1, -0.05) is 24.3 Å². The molecule has 0 radical (unpaired) electrons. The summed E-state index contributed by atoms with van der Waals surface area (Å²) in [6.45, 7) is 8.40. The Morgan fingerprint density at radius 1 is 0.935 bits per heavy atom. The largest absolute Gasteiger partial charge is 0.324 e. The van der Waals surface area contributed by atoms with Crippen molar-refractivity contribution in [3.8, 4) is 5.69 Å². The van der Waals surface area contributed by atoms with Gasteiger partial charge in [-0.25, -0.2) is 5.48 Å². The molecule has 3 aromatic rings. The summed E-state index contributed by atoms with van der Waals surface area (Å²) in [6.07, 6.45) is 4.15. The van der Waals surface area contributed by atoms with Gasteiger partial charge in [0.15, 0.2) is 0 Å². The highest BCUT2D eigenvalue weighted by molar-refractivity contribution is 5.93. The van der Waals surface area contributed by atoms with Crippen molar-refractivity contribution in [2.75, 3.05) is 13.1 Å². The molecule has 2 N–H and O–H groups in total. The highest BCUT2D eigenvalue weighted by atomic mass is 16.5. The Balaban J connectivity index is 1.38. The standard InChI is InChI=1S/C25H30N4O2/c1-19-15-27(17-22-6-5-7-24(14-22)28-12-3-4-13-28)16-20(2)29(19)18-21-8-10-23(11-9-21)25(30)26-31/h3-14,19-20,31H,15-18H2,1-2H3,(H,26,30). The zero-order valence-corrected chi connectivity index (χ0v) is 18.1. The first-order valence-corrected chi connectivity index (χ1v) is 10.8. The lowest BCUT2D eigenvalue weighted by molar-refractivity contribution is 0.0290. The third-order valence-corrected chi connectivity index (χ3v) is 6.08. The summed E-state index contributed by atoms with van der Waals surface area (Å²) < 4.78 is 2.14. The molecule has 1 amide bonds. The summed E-state index contributed by atoms with van der Waals surface area (Å²) in [5.74, 6) is -0.484. The van der Waals surface area contributed by atoms with Gasteiger partial charge in [-0.2, -0.15) is 0 Å². The van der Waals surface area contributed by atoms with Crippen molar-refractivity contribution in [2.45, 2.75) is 39.0 Å². The molecular formula is C25H30N4O2. The molecule has 1 aromatic heterocycles. The zero-order chi connectivity index (χ0) is 21.8. The summed E-state index contributed by atoms with van der Waals surface area (Å²) in [4.78, 5) is 16.6. The van der Waals surface area contributed by atoms with Crippen LogP contribution in [0.2, 0.25) is 0 Å². The lowest BCUT2D eigenvalue weighted by Crippen LogP contribution is -2.55. The number of amides is 1. The van der Waals surface area contributed by atoms with E-state index in [1.807, 2.05) is 24.3 Å². The number of carbonyl (C=O) groups excluding carboxylic acids is 1. The fourth-order valence-electron chi connectivity index (χ4n) is 4.52. The van der Waals surface area contributed by atoms with Gasteiger partial charge in [0.2, 0.25) is 0 Å².